The van der Waals surface area contributed by atoms with Gasteiger partial charge in [0, 0.05) is 101 Å². The number of nitrogens with zero attached hydrogens (tertiary/aromatic N) is 10. The first-order valence-corrected chi connectivity index (χ1v) is 28.2. The predicted molar refractivity (Wildman–Crippen MR) is 297 cm³/mol. The maximum absolute atomic E-state index is 12.6. The Balaban J connectivity index is 0.000000169. The van der Waals surface area contributed by atoms with Gasteiger partial charge in [-0.25, -0.2) is 34.7 Å². The molecule has 0 aliphatic rings. The average molecular weight is 1090 g/mol. The molecular formula is C53H70N16O6S2. The first-order chi connectivity index (χ1) is 35.8. The second-order valence-electron chi connectivity index (χ2n) is 22.4. The highest BCUT2D eigenvalue weighted by Gasteiger charge is 2.25. The summed E-state index contributed by atoms with van der Waals surface area (Å²) in [5.74, 6) is 1.63. The van der Waals surface area contributed by atoms with E-state index in [1.165, 1.54) is 38.4 Å². The Morgan fingerprint density at radius 1 is 0.623 bits per heavy atom. The number of anilines is 1. The van der Waals surface area contributed by atoms with Crippen LogP contribution in [0.15, 0.2) is 89.8 Å². The van der Waals surface area contributed by atoms with Crippen molar-refractivity contribution in [3.05, 3.63) is 136 Å². The number of nitrogens with one attached hydrogen (secondary N) is 6. The van der Waals surface area contributed by atoms with Gasteiger partial charge in [-0.3, -0.25) is 29.6 Å². The molecule has 0 fully saturated rings. The minimum Gasteiger partial charge on any atom is -0.352 e. The first kappa shape index (κ1) is 57.0. The fraction of sp³-hybridized carbons (Fsp3) is 0.396. The van der Waals surface area contributed by atoms with Crippen molar-refractivity contribution in [2.24, 2.45) is 0 Å². The van der Waals surface area contributed by atoms with Gasteiger partial charge in [-0.15, -0.1) is 30.6 Å². The molecule has 9 rings (SSSR count). The third-order valence-corrected chi connectivity index (χ3v) is 14.7. The summed E-state index contributed by atoms with van der Waals surface area (Å²) in [7, 11) is -3.95. The number of aryl methyl sites for hydroxylation is 2. The smallest absolute Gasteiger partial charge is 0.251 e. The number of aromatic amines is 3. The van der Waals surface area contributed by atoms with Crippen LogP contribution in [0, 0.1) is 13.8 Å². The zero-order valence-electron chi connectivity index (χ0n) is 46.3. The number of amides is 2. The van der Waals surface area contributed by atoms with Gasteiger partial charge in [0.25, 0.3) is 11.8 Å². The number of rotatable bonds is 12. The lowest BCUT2D eigenvalue weighted by Crippen LogP contribution is -2.28. The number of aromatic nitrogens is 12. The average Bonchev–Trinajstić information content (AvgIpc) is 4.18. The van der Waals surface area contributed by atoms with Crippen LogP contribution in [-0.2, 0) is 42.7 Å². The number of benzene rings is 3. The van der Waals surface area contributed by atoms with Gasteiger partial charge in [-0.1, -0.05) is 80.0 Å². The molecule has 410 valence electrons. The van der Waals surface area contributed by atoms with Crippen LogP contribution in [0.2, 0.25) is 0 Å². The van der Waals surface area contributed by atoms with Crippen molar-refractivity contribution in [1.82, 2.24) is 74.4 Å². The van der Waals surface area contributed by atoms with Crippen molar-refractivity contribution in [1.29, 1.82) is 0 Å². The molecule has 6 heterocycles. The van der Waals surface area contributed by atoms with E-state index in [4.69, 9.17) is 0 Å². The zero-order chi connectivity index (χ0) is 56.6. The second kappa shape index (κ2) is 21.7. The van der Waals surface area contributed by atoms with E-state index in [9.17, 15) is 26.4 Å². The minimum absolute atomic E-state index is 0.0252. The SMILES string of the molecule is CC(NC(=O)c1ccc(S(=O)(=O)N(C)C)cc1)c1nnc2cc(C(C)(C)C)[nH]n12.Cc1cc(NS(C)(=O)=O)cc(-c2nnc3cc(C(C)(C)C)[nH]n23)c1.Cc1cccc(C(=O)NCCc2nnc3cc(C(C)(C)C)[nH]n23)c1. The van der Waals surface area contributed by atoms with Gasteiger partial charge in [0.05, 0.1) is 17.2 Å². The highest BCUT2D eigenvalue weighted by Crippen LogP contribution is 2.28. The van der Waals surface area contributed by atoms with Crippen LogP contribution >= 0.6 is 0 Å². The van der Waals surface area contributed by atoms with Gasteiger partial charge >= 0.3 is 0 Å². The van der Waals surface area contributed by atoms with Crippen molar-refractivity contribution in [2.45, 2.75) is 117 Å². The quantitative estimate of drug-likeness (QED) is 0.0697. The minimum atomic E-state index is -3.54. The lowest BCUT2D eigenvalue weighted by Gasteiger charge is -2.16. The molecule has 0 saturated carbocycles. The number of H-pyrrole nitrogens is 3. The predicted octanol–water partition coefficient (Wildman–Crippen LogP) is 7.43. The van der Waals surface area contributed by atoms with Crippen molar-refractivity contribution >= 4 is 54.5 Å². The van der Waals surface area contributed by atoms with Gasteiger partial charge in [0.15, 0.2) is 34.4 Å². The molecule has 77 heavy (non-hydrogen) atoms. The van der Waals surface area contributed by atoms with E-state index >= 15 is 0 Å². The van der Waals surface area contributed by atoms with E-state index in [-0.39, 0.29) is 33.0 Å². The third kappa shape index (κ3) is 13.7. The Hall–Kier alpha value is -7.70. The molecular weight excluding hydrogens is 1020 g/mol. The van der Waals surface area contributed by atoms with E-state index in [1.807, 2.05) is 78.3 Å². The summed E-state index contributed by atoms with van der Waals surface area (Å²) in [6, 6.07) is 24.4. The van der Waals surface area contributed by atoms with Gasteiger partial charge in [-0.2, -0.15) is 0 Å². The van der Waals surface area contributed by atoms with E-state index in [0.717, 1.165) is 61.5 Å². The van der Waals surface area contributed by atoms with Crippen molar-refractivity contribution in [3.8, 4) is 11.4 Å². The summed E-state index contributed by atoms with van der Waals surface area (Å²) in [4.78, 5) is 24.9. The molecule has 1 atom stereocenters. The molecule has 0 aliphatic heterocycles. The molecule has 2 amide bonds. The molecule has 6 aromatic heterocycles. The first-order valence-electron chi connectivity index (χ1n) is 24.9. The summed E-state index contributed by atoms with van der Waals surface area (Å²) in [5.41, 5.74) is 9.65. The van der Waals surface area contributed by atoms with Crippen LogP contribution < -0.4 is 15.4 Å². The largest absolute Gasteiger partial charge is 0.352 e. The Morgan fingerprint density at radius 3 is 1.74 bits per heavy atom. The molecule has 9 aromatic rings. The molecule has 24 heteroatoms. The maximum Gasteiger partial charge on any atom is 0.251 e. The Bertz CT molecular complexity index is 3800. The molecule has 0 radical (unpaired) electrons. The van der Waals surface area contributed by atoms with Crippen LogP contribution in [0.5, 0.6) is 0 Å². The number of hydrogen-bond donors (Lipinski definition) is 6. The van der Waals surface area contributed by atoms with Crippen molar-refractivity contribution in [3.63, 3.8) is 0 Å². The zero-order valence-corrected chi connectivity index (χ0v) is 47.9. The number of hydrogen-bond acceptors (Lipinski definition) is 12. The van der Waals surface area contributed by atoms with Gasteiger partial charge < -0.3 is 10.6 Å². The topological polar surface area (TPSA) is 280 Å². The highest BCUT2D eigenvalue weighted by atomic mass is 32.2. The second-order valence-corrected chi connectivity index (χ2v) is 26.3. The summed E-state index contributed by atoms with van der Waals surface area (Å²) < 4.78 is 56.4. The Labute approximate surface area is 448 Å². The van der Waals surface area contributed by atoms with Crippen molar-refractivity contribution < 1.29 is 26.4 Å². The molecule has 1 unspecified atom stereocenters. The summed E-state index contributed by atoms with van der Waals surface area (Å²) in [6.07, 6.45) is 1.74. The van der Waals surface area contributed by atoms with Gasteiger partial charge in [-0.05, 0) is 80.9 Å². The van der Waals surface area contributed by atoms with Gasteiger partial charge in [0.2, 0.25) is 20.0 Å². The number of carbonyl (C=O) groups excluding carboxylic acids is 2. The van der Waals surface area contributed by atoms with E-state index in [2.05, 4.69) is 124 Å². The van der Waals surface area contributed by atoms with Crippen LogP contribution in [0.1, 0.15) is 136 Å². The van der Waals surface area contributed by atoms with Crippen LogP contribution in [0.4, 0.5) is 5.69 Å². The normalized spacial score (nSPS) is 12.8. The Morgan fingerprint density at radius 2 is 1.17 bits per heavy atom. The summed E-state index contributed by atoms with van der Waals surface area (Å²) in [6.45, 7) is 25.3. The van der Waals surface area contributed by atoms with E-state index in [0.29, 0.717) is 47.1 Å². The molecule has 0 bridgehead atoms. The number of sulfonamides is 2. The van der Waals surface area contributed by atoms with Gasteiger partial charge in [0.1, 0.15) is 0 Å². The molecule has 0 saturated heterocycles. The maximum atomic E-state index is 12.6. The molecule has 0 aliphatic carbocycles. The van der Waals surface area contributed by atoms with Crippen LogP contribution in [-0.4, -0.2) is 119 Å². The van der Waals surface area contributed by atoms with E-state index < -0.39 is 26.1 Å². The summed E-state index contributed by atoms with van der Waals surface area (Å²) >= 11 is 0. The summed E-state index contributed by atoms with van der Waals surface area (Å²) in [5, 5.41) is 40.9. The Kier molecular flexibility index (Phi) is 16.1. The van der Waals surface area contributed by atoms with Crippen LogP contribution in [0.25, 0.3) is 28.3 Å². The number of carbonyl (C=O) groups is 2. The standard InChI is InChI=1S/C19H26N6O3S.C18H23N5O.C16H21N5O2S/c1-12(17-22-21-16-11-15(19(2,3)4)23-25(16)17)20-18(26)13-7-9-14(10-8-13)29(27,28)24(5)6;1-12-6-5-7-13(10-12)17(24)19-9-8-15-20-21-16-11-14(18(2,3)4)22-23(15)16;1-10-6-11(8-12(7-10)20-24(5,22)23)15-18-17-14-9-13(16(2,3)4)19-21(14)15/h7-12,23H,1-6H3,(H,20,26);5-7,10-11,22H,8-9H2,1-4H3,(H,19,24);6-9,19-20H,1-5H3. The monoisotopic (exact) mass is 1090 g/mol. The molecule has 22 nitrogen and oxygen atoms in total. The fourth-order valence-corrected chi connectivity index (χ4v) is 9.33. The van der Waals surface area contributed by atoms with Crippen molar-refractivity contribution in [2.75, 3.05) is 31.6 Å². The highest BCUT2D eigenvalue weighted by molar-refractivity contribution is 7.92. The molecule has 0 spiro atoms. The van der Waals surface area contributed by atoms with E-state index in [1.54, 1.807) is 16.6 Å². The van der Waals surface area contributed by atoms with Crippen LogP contribution in [0.3, 0.4) is 0 Å². The number of fused-ring (bicyclic) bond motifs is 3. The molecule has 3 aromatic carbocycles. The lowest BCUT2D eigenvalue weighted by molar-refractivity contribution is 0.0934. The molecule has 6 N–H and O–H groups in total. The lowest BCUT2D eigenvalue weighted by atomic mass is 9.93. The third-order valence-electron chi connectivity index (χ3n) is 12.3. The fourth-order valence-electron chi connectivity index (χ4n) is 7.89.